The van der Waals surface area contributed by atoms with E-state index in [9.17, 15) is 24.9 Å². The maximum atomic E-state index is 12.4. The Morgan fingerprint density at radius 2 is 1.38 bits per heavy atom. The predicted octanol–water partition coefficient (Wildman–Crippen LogP) is 2.32. The van der Waals surface area contributed by atoms with Crippen LogP contribution in [0.1, 0.15) is 37.4 Å². The summed E-state index contributed by atoms with van der Waals surface area (Å²) in [6.07, 6.45) is 0. The first-order chi connectivity index (χ1) is 9.93. The van der Waals surface area contributed by atoms with Crippen molar-refractivity contribution >= 4 is 23.2 Å². The molecule has 1 aliphatic carbocycles. The normalized spacial score (nSPS) is 13.0. The Hall–Kier alpha value is -2.53. The van der Waals surface area contributed by atoms with Gasteiger partial charge in [-0.1, -0.05) is 0 Å². The first kappa shape index (κ1) is 13.5. The zero-order valence-corrected chi connectivity index (χ0v) is 11.3. The summed E-state index contributed by atoms with van der Waals surface area (Å²) in [6.45, 7) is 0. The van der Waals surface area contributed by atoms with Crippen molar-refractivity contribution in [3.05, 3.63) is 52.1 Å². The number of carbonyl (C=O) groups is 2. The molecule has 0 saturated carbocycles. The molecule has 6 heteroatoms. The smallest absolute Gasteiger partial charge is 0.201 e. The predicted molar refractivity (Wildman–Crippen MR) is 74.3 cm³/mol. The Labute approximate surface area is 124 Å². The number of hydrogen-bond acceptors (Lipinski definition) is 5. The third-order valence-corrected chi connectivity index (χ3v) is 3.69. The lowest BCUT2D eigenvalue weighted by atomic mass is 9.82. The van der Waals surface area contributed by atoms with Gasteiger partial charge in [-0.15, -0.1) is 11.6 Å². The van der Waals surface area contributed by atoms with Crippen LogP contribution in [0.4, 0.5) is 0 Å². The largest absolute Gasteiger partial charge is 0.508 e. The highest BCUT2D eigenvalue weighted by Gasteiger charge is 2.35. The highest BCUT2D eigenvalue weighted by molar-refractivity contribution is 6.30. The lowest BCUT2D eigenvalue weighted by molar-refractivity contribution is 0.0974. The van der Waals surface area contributed by atoms with Gasteiger partial charge in [0.15, 0.2) is 5.78 Å². The lowest BCUT2D eigenvalue weighted by Crippen LogP contribution is -2.21. The van der Waals surface area contributed by atoms with Gasteiger partial charge in [0.2, 0.25) is 5.78 Å². The van der Waals surface area contributed by atoms with Gasteiger partial charge in [-0.05, 0) is 23.8 Å². The van der Waals surface area contributed by atoms with Gasteiger partial charge >= 0.3 is 0 Å². The Balaban J connectivity index is 2.35. The molecule has 5 nitrogen and oxygen atoms in total. The van der Waals surface area contributed by atoms with Gasteiger partial charge in [0.05, 0.1) is 11.1 Å². The molecular weight excluding hydrogens is 296 g/mol. The Morgan fingerprint density at radius 1 is 0.810 bits per heavy atom. The number of halogens is 1. The van der Waals surface area contributed by atoms with Crippen LogP contribution in [0.3, 0.4) is 0 Å². The molecule has 0 saturated heterocycles. The quantitative estimate of drug-likeness (QED) is 0.600. The van der Waals surface area contributed by atoms with Crippen LogP contribution < -0.4 is 0 Å². The summed E-state index contributed by atoms with van der Waals surface area (Å²) < 4.78 is 0. The van der Waals surface area contributed by atoms with Crippen LogP contribution >= 0.6 is 11.6 Å². The van der Waals surface area contributed by atoms with Crippen molar-refractivity contribution in [2.24, 2.45) is 0 Å². The molecular formula is C15H9ClO5. The van der Waals surface area contributed by atoms with Crippen molar-refractivity contribution in [2.45, 2.75) is 5.88 Å². The summed E-state index contributed by atoms with van der Waals surface area (Å²) in [5, 5.41) is 29.3. The highest BCUT2D eigenvalue weighted by atomic mass is 35.5. The molecule has 2 aromatic rings. The molecule has 0 aliphatic heterocycles. The van der Waals surface area contributed by atoms with Gasteiger partial charge in [-0.3, -0.25) is 9.59 Å². The zero-order chi connectivity index (χ0) is 15.3. The number of benzene rings is 2. The minimum atomic E-state index is -0.671. The molecule has 0 fully saturated rings. The maximum Gasteiger partial charge on any atom is 0.201 e. The minimum absolute atomic E-state index is 0.00755. The van der Waals surface area contributed by atoms with E-state index in [2.05, 4.69) is 0 Å². The monoisotopic (exact) mass is 304 g/mol. The second-order valence-electron chi connectivity index (χ2n) is 4.72. The second-order valence-corrected chi connectivity index (χ2v) is 4.98. The molecule has 21 heavy (non-hydrogen) atoms. The molecule has 0 heterocycles. The van der Waals surface area contributed by atoms with Crippen LogP contribution in [0.25, 0.3) is 0 Å². The number of ketones is 2. The molecule has 0 unspecified atom stereocenters. The van der Waals surface area contributed by atoms with Crippen LogP contribution in [-0.2, 0) is 5.88 Å². The summed E-state index contributed by atoms with van der Waals surface area (Å²) in [7, 11) is 0. The molecule has 106 valence electrons. The fourth-order valence-electron chi connectivity index (χ4n) is 2.48. The first-order valence-corrected chi connectivity index (χ1v) is 6.54. The van der Waals surface area contributed by atoms with Crippen LogP contribution in [0.15, 0.2) is 24.3 Å². The van der Waals surface area contributed by atoms with E-state index in [1.807, 2.05) is 0 Å². The van der Waals surface area contributed by atoms with Gasteiger partial charge in [0.1, 0.15) is 17.2 Å². The van der Waals surface area contributed by atoms with E-state index in [0.29, 0.717) is 5.56 Å². The number of carbonyl (C=O) groups excluding carboxylic acids is 2. The molecule has 0 aromatic heterocycles. The average Bonchev–Trinajstić information content (AvgIpc) is 2.43. The summed E-state index contributed by atoms with van der Waals surface area (Å²) >= 11 is 5.69. The van der Waals surface area contributed by atoms with E-state index in [1.165, 1.54) is 12.1 Å². The number of rotatable bonds is 1. The van der Waals surface area contributed by atoms with Crippen molar-refractivity contribution in [1.29, 1.82) is 0 Å². The van der Waals surface area contributed by atoms with Crippen molar-refractivity contribution in [3.63, 3.8) is 0 Å². The average molecular weight is 305 g/mol. The van der Waals surface area contributed by atoms with E-state index >= 15 is 0 Å². The second kappa shape index (κ2) is 4.49. The van der Waals surface area contributed by atoms with Crippen molar-refractivity contribution in [3.8, 4) is 17.2 Å². The third-order valence-electron chi connectivity index (χ3n) is 3.38. The topological polar surface area (TPSA) is 94.8 Å². The van der Waals surface area contributed by atoms with Crippen molar-refractivity contribution in [2.75, 3.05) is 0 Å². The molecule has 1 aliphatic rings. The summed E-state index contributed by atoms with van der Waals surface area (Å²) in [5.74, 6) is -2.35. The molecule has 3 rings (SSSR count). The Kier molecular flexibility index (Phi) is 2.88. The molecule has 0 bridgehead atoms. The summed E-state index contributed by atoms with van der Waals surface area (Å²) in [5.41, 5.74) is 0.00717. The molecule has 2 aromatic carbocycles. The zero-order valence-electron chi connectivity index (χ0n) is 10.6. The molecule has 0 amide bonds. The molecule has 0 atom stereocenters. The SMILES string of the molecule is O=C1c2cc(O)cc(O)c2C(=O)c2c(O)cc(CCl)cc21. The van der Waals surface area contributed by atoms with E-state index in [4.69, 9.17) is 11.6 Å². The van der Waals surface area contributed by atoms with Gasteiger partial charge in [-0.2, -0.15) is 0 Å². The number of aromatic hydroxyl groups is 3. The Morgan fingerprint density at radius 3 is 2.00 bits per heavy atom. The molecule has 3 N–H and O–H groups in total. The molecule has 0 radical (unpaired) electrons. The standard InChI is InChI=1S/C15H9ClO5/c16-5-6-1-8-12(10(18)2-6)15(21)13-9(14(8)20)3-7(17)4-11(13)19/h1-4,17-19H,5H2. The lowest BCUT2D eigenvalue weighted by Gasteiger charge is -2.20. The maximum absolute atomic E-state index is 12.4. The molecule has 0 spiro atoms. The van der Waals surface area contributed by atoms with Crippen LogP contribution in [0, 0.1) is 0 Å². The number of phenolic OH excluding ortho intramolecular Hbond substituents is 3. The van der Waals surface area contributed by atoms with E-state index in [-0.39, 0.29) is 39.6 Å². The van der Waals surface area contributed by atoms with Crippen LogP contribution in [0.5, 0.6) is 17.2 Å². The van der Waals surface area contributed by atoms with E-state index in [0.717, 1.165) is 12.1 Å². The summed E-state index contributed by atoms with van der Waals surface area (Å²) in [4.78, 5) is 24.9. The third kappa shape index (κ3) is 1.86. The fraction of sp³-hybridized carbons (Fsp3) is 0.0667. The number of alkyl halides is 1. The fourth-order valence-corrected chi connectivity index (χ4v) is 2.63. The minimum Gasteiger partial charge on any atom is -0.508 e. The van der Waals surface area contributed by atoms with E-state index in [1.54, 1.807) is 0 Å². The number of hydrogen-bond donors (Lipinski definition) is 3. The number of fused-ring (bicyclic) bond motifs is 2. The van der Waals surface area contributed by atoms with Crippen LogP contribution in [0.2, 0.25) is 0 Å². The van der Waals surface area contributed by atoms with E-state index < -0.39 is 17.3 Å². The van der Waals surface area contributed by atoms with Gasteiger partial charge in [0.25, 0.3) is 0 Å². The summed E-state index contributed by atoms with van der Waals surface area (Å²) in [6, 6.07) is 4.81. The van der Waals surface area contributed by atoms with Gasteiger partial charge in [0, 0.05) is 23.1 Å². The van der Waals surface area contributed by atoms with Gasteiger partial charge < -0.3 is 15.3 Å². The van der Waals surface area contributed by atoms with Gasteiger partial charge in [-0.25, -0.2) is 0 Å². The van der Waals surface area contributed by atoms with Crippen molar-refractivity contribution in [1.82, 2.24) is 0 Å². The van der Waals surface area contributed by atoms with Crippen molar-refractivity contribution < 1.29 is 24.9 Å². The Bertz CT molecular complexity index is 810. The number of phenols is 3. The first-order valence-electron chi connectivity index (χ1n) is 6.01. The van der Waals surface area contributed by atoms with Crippen LogP contribution in [-0.4, -0.2) is 26.9 Å². The highest BCUT2D eigenvalue weighted by Crippen LogP contribution is 2.39.